The molecule has 1 atom stereocenters. The van der Waals surface area contributed by atoms with Gasteiger partial charge in [-0.1, -0.05) is 6.07 Å². The Morgan fingerprint density at radius 3 is 2.95 bits per heavy atom. The van der Waals surface area contributed by atoms with Gasteiger partial charge in [-0.05, 0) is 73.9 Å². The fraction of sp³-hybridized carbons (Fsp3) is 0.464. The summed E-state index contributed by atoms with van der Waals surface area (Å²) >= 11 is 0. The van der Waals surface area contributed by atoms with Crippen LogP contribution in [-0.2, 0) is 19.6 Å². The summed E-state index contributed by atoms with van der Waals surface area (Å²) in [5, 5.41) is 14.1. The molecule has 2 N–H and O–H groups in total. The summed E-state index contributed by atoms with van der Waals surface area (Å²) in [6.07, 6.45) is 9.42. The van der Waals surface area contributed by atoms with E-state index in [-0.39, 0.29) is 25.7 Å². The highest BCUT2D eigenvalue weighted by Gasteiger charge is 2.23. The molecular formula is C28H36N4O4S. The summed E-state index contributed by atoms with van der Waals surface area (Å²) in [4.78, 5) is 23.1. The van der Waals surface area contributed by atoms with Crippen molar-refractivity contribution in [3.05, 3.63) is 71.2 Å². The highest BCUT2D eigenvalue weighted by molar-refractivity contribution is 7.59. The average molecular weight is 525 g/mol. The number of hydrogen-bond acceptors (Lipinski definition) is 8. The number of β-amino-alcohol motifs (C(OH)–C–C–N with tert-alkyl or cyclic N) is 1. The van der Waals surface area contributed by atoms with E-state index in [4.69, 9.17) is 9.15 Å². The van der Waals surface area contributed by atoms with Crippen LogP contribution in [0.4, 0.5) is 5.69 Å². The van der Waals surface area contributed by atoms with Gasteiger partial charge < -0.3 is 19.6 Å². The van der Waals surface area contributed by atoms with Gasteiger partial charge in [0.15, 0.2) is 17.9 Å². The molecular weight excluding hydrogens is 488 g/mol. The molecule has 2 aromatic heterocycles. The number of ether oxygens (including phenoxy) is 1. The summed E-state index contributed by atoms with van der Waals surface area (Å²) in [7, 11) is 0. The van der Waals surface area contributed by atoms with Crippen molar-refractivity contribution in [3.63, 3.8) is 0 Å². The number of hydrogen-bond donors (Lipinski definition) is 2. The second-order valence-electron chi connectivity index (χ2n) is 9.89. The van der Waals surface area contributed by atoms with Gasteiger partial charge in [-0.3, -0.25) is 14.7 Å². The molecule has 8 nitrogen and oxygen atoms in total. The Morgan fingerprint density at radius 2 is 2.19 bits per heavy atom. The number of Topliss-reactive ketones (excluding diaryl/α,β-unsaturated/α-hetero) is 1. The second-order valence-corrected chi connectivity index (χ2v) is 9.89. The number of aromatic nitrogens is 2. The zero-order valence-electron chi connectivity index (χ0n) is 21.3. The minimum absolute atomic E-state index is 0. The number of fused-ring (bicyclic) bond motifs is 1. The second kappa shape index (κ2) is 12.6. The molecule has 0 amide bonds. The van der Waals surface area contributed by atoms with Crippen molar-refractivity contribution in [2.75, 3.05) is 18.4 Å². The molecule has 0 spiro atoms. The maximum atomic E-state index is 12.7. The van der Waals surface area contributed by atoms with Crippen LogP contribution in [0.2, 0.25) is 0 Å². The van der Waals surface area contributed by atoms with Gasteiger partial charge in [0.25, 0.3) is 0 Å². The number of ketones is 1. The van der Waals surface area contributed by atoms with E-state index in [1.54, 1.807) is 12.4 Å². The van der Waals surface area contributed by atoms with Crippen molar-refractivity contribution in [1.82, 2.24) is 14.9 Å². The molecule has 1 aliphatic heterocycles. The number of rotatable bonds is 11. The minimum Gasteiger partial charge on any atom is -0.485 e. The quantitative estimate of drug-likeness (QED) is 0.356. The molecule has 0 saturated heterocycles. The summed E-state index contributed by atoms with van der Waals surface area (Å²) in [5.74, 6) is 1.53. The molecule has 1 fully saturated rings. The van der Waals surface area contributed by atoms with E-state index in [2.05, 4.69) is 33.2 Å². The predicted molar refractivity (Wildman–Crippen MR) is 146 cm³/mol. The van der Waals surface area contributed by atoms with Crippen molar-refractivity contribution in [1.29, 1.82) is 0 Å². The van der Waals surface area contributed by atoms with Crippen LogP contribution in [0.25, 0.3) is 0 Å². The number of benzene rings is 1. The fourth-order valence-electron chi connectivity index (χ4n) is 4.93. The molecule has 1 aromatic carbocycles. The molecule has 1 aliphatic carbocycles. The minimum atomic E-state index is -0.558. The normalized spacial score (nSPS) is 16.3. The Balaban J connectivity index is 0.00000320. The van der Waals surface area contributed by atoms with Gasteiger partial charge in [0, 0.05) is 44.0 Å². The topological polar surface area (TPSA) is 101 Å². The average Bonchev–Trinajstić information content (AvgIpc) is 3.38. The molecule has 3 aromatic rings. The third-order valence-corrected chi connectivity index (χ3v) is 7.27. The van der Waals surface area contributed by atoms with E-state index in [9.17, 15) is 9.90 Å². The summed E-state index contributed by atoms with van der Waals surface area (Å²) in [6, 6.07) is 8.36. The van der Waals surface area contributed by atoms with Crippen LogP contribution in [0.3, 0.4) is 0 Å². The molecule has 37 heavy (non-hydrogen) atoms. The zero-order chi connectivity index (χ0) is 24.9. The van der Waals surface area contributed by atoms with Gasteiger partial charge in [0.1, 0.15) is 18.1 Å². The van der Waals surface area contributed by atoms with Crippen LogP contribution in [0, 0.1) is 6.92 Å². The fourth-order valence-corrected chi connectivity index (χ4v) is 4.93. The van der Waals surface area contributed by atoms with Gasteiger partial charge in [-0.15, -0.1) is 0 Å². The number of oxazole rings is 1. The van der Waals surface area contributed by atoms with E-state index in [1.165, 1.54) is 36.8 Å². The highest BCUT2D eigenvalue weighted by atomic mass is 32.1. The molecule has 0 bridgehead atoms. The lowest BCUT2D eigenvalue weighted by atomic mass is 9.93. The summed E-state index contributed by atoms with van der Waals surface area (Å²) in [5.41, 5.74) is 5.14. The van der Waals surface area contributed by atoms with Gasteiger partial charge in [-0.25, -0.2) is 4.98 Å². The van der Waals surface area contributed by atoms with Crippen LogP contribution in [0.5, 0.6) is 5.75 Å². The molecule has 3 heterocycles. The number of carbonyl (C=O) groups excluding carboxylic acids is 1. The van der Waals surface area contributed by atoms with Gasteiger partial charge >= 0.3 is 0 Å². The van der Waals surface area contributed by atoms with Crippen molar-refractivity contribution in [3.8, 4) is 5.75 Å². The van der Waals surface area contributed by atoms with Crippen molar-refractivity contribution >= 4 is 25.0 Å². The number of nitrogens with zero attached hydrogens (tertiary/aromatic N) is 3. The van der Waals surface area contributed by atoms with Crippen LogP contribution in [0.15, 0.2) is 47.5 Å². The Labute approximate surface area is 224 Å². The van der Waals surface area contributed by atoms with Crippen LogP contribution >= 0.6 is 13.5 Å². The largest absolute Gasteiger partial charge is 0.485 e. The first-order valence-corrected chi connectivity index (χ1v) is 12.8. The van der Waals surface area contributed by atoms with Gasteiger partial charge in [-0.2, -0.15) is 13.5 Å². The Bertz CT molecular complexity index is 1180. The van der Waals surface area contributed by atoms with Gasteiger partial charge in [0.05, 0.1) is 12.3 Å². The number of pyridine rings is 1. The highest BCUT2D eigenvalue weighted by Crippen LogP contribution is 2.30. The van der Waals surface area contributed by atoms with Crippen LogP contribution < -0.4 is 10.1 Å². The molecule has 198 valence electrons. The number of nitrogens with one attached hydrogen (secondary N) is 1. The lowest BCUT2D eigenvalue weighted by Gasteiger charge is -2.31. The molecule has 0 unspecified atom stereocenters. The number of carbonyl (C=O) groups is 1. The maximum Gasteiger partial charge on any atom is 0.181 e. The Hall–Kier alpha value is -2.88. The third kappa shape index (κ3) is 6.91. The monoisotopic (exact) mass is 524 g/mol. The number of aliphatic hydroxyl groups is 1. The Kier molecular flexibility index (Phi) is 9.23. The first-order chi connectivity index (χ1) is 17.5. The molecule has 1 saturated carbocycles. The molecule has 2 aliphatic rings. The molecule has 0 radical (unpaired) electrons. The van der Waals surface area contributed by atoms with Gasteiger partial charge in [0.2, 0.25) is 0 Å². The first-order valence-electron chi connectivity index (χ1n) is 12.8. The standard InChI is InChI=1S/C28H34N4O4.H2S/c1-19-25-10-12-32(15-20(25)5-8-28(19)35-17-24-14-29-18-36-24)16-23(33)6-7-27(34)26-13-22(9-11-30-26)31-21-3-2-4-21;/h5,8-9,11,13-14,18,21,23,33H,2-4,6-7,10,12,15-17H2,1H3,(H,30,31);1H2/t23-;/m0./s1. The van der Waals surface area contributed by atoms with Crippen molar-refractivity contribution in [2.45, 2.75) is 70.7 Å². The molecule has 5 rings (SSSR count). The Morgan fingerprint density at radius 1 is 1.32 bits per heavy atom. The predicted octanol–water partition coefficient (Wildman–Crippen LogP) is 4.42. The first kappa shape index (κ1) is 27.2. The van der Waals surface area contributed by atoms with Crippen LogP contribution in [-0.4, -0.2) is 51.0 Å². The molecule has 9 heteroatoms. The summed E-state index contributed by atoms with van der Waals surface area (Å²) in [6.45, 7) is 4.63. The SMILES string of the molecule is Cc1c(OCc2cnco2)ccc2c1CCN(C[C@@H](O)CCC(=O)c1cc(NC3CCC3)ccn1)C2.S. The third-order valence-electron chi connectivity index (χ3n) is 7.27. The van der Waals surface area contributed by atoms with Crippen molar-refractivity contribution in [2.24, 2.45) is 0 Å². The lowest BCUT2D eigenvalue weighted by Crippen LogP contribution is -2.37. The number of aliphatic hydroxyl groups excluding tert-OH is 1. The summed E-state index contributed by atoms with van der Waals surface area (Å²) < 4.78 is 11.2. The van der Waals surface area contributed by atoms with E-state index in [0.717, 1.165) is 36.5 Å². The smallest absolute Gasteiger partial charge is 0.181 e. The van der Waals surface area contributed by atoms with E-state index < -0.39 is 6.10 Å². The zero-order valence-corrected chi connectivity index (χ0v) is 22.3. The van der Waals surface area contributed by atoms with E-state index in [0.29, 0.717) is 37.1 Å². The van der Waals surface area contributed by atoms with Crippen LogP contribution in [0.1, 0.15) is 65.0 Å². The lowest BCUT2D eigenvalue weighted by molar-refractivity contribution is 0.0833. The van der Waals surface area contributed by atoms with E-state index >= 15 is 0 Å². The van der Waals surface area contributed by atoms with E-state index in [1.807, 2.05) is 18.2 Å². The number of anilines is 1. The van der Waals surface area contributed by atoms with Crippen molar-refractivity contribution < 1.29 is 19.1 Å². The maximum absolute atomic E-state index is 12.7.